The topological polar surface area (TPSA) is 49.7 Å². The van der Waals surface area contributed by atoms with Gasteiger partial charge >= 0.3 is 0 Å². The molecule has 3 aromatic carbocycles. The zero-order chi connectivity index (χ0) is 32.4. The highest BCUT2D eigenvalue weighted by Gasteiger charge is 2.39. The maximum absolute atomic E-state index is 13.3. The van der Waals surface area contributed by atoms with E-state index in [2.05, 4.69) is 76.0 Å². The van der Waals surface area contributed by atoms with Crippen LogP contribution in [0, 0.1) is 5.92 Å². The molecule has 0 unspecified atom stereocenters. The fourth-order valence-electron chi connectivity index (χ4n) is 8.55. The Morgan fingerprint density at radius 3 is 2.38 bits per heavy atom. The van der Waals surface area contributed by atoms with Gasteiger partial charge in [0.05, 0.1) is 5.02 Å². The lowest BCUT2D eigenvalue weighted by Gasteiger charge is -2.49. The van der Waals surface area contributed by atoms with Crippen molar-refractivity contribution in [3.05, 3.63) is 76.8 Å². The predicted molar refractivity (Wildman–Crippen MR) is 194 cm³/mol. The molecule has 47 heavy (non-hydrogen) atoms. The molecule has 2 saturated heterocycles. The molecule has 1 aliphatic carbocycles. The van der Waals surface area contributed by atoms with E-state index in [0.29, 0.717) is 22.9 Å². The fourth-order valence-corrected chi connectivity index (χ4v) is 8.77. The van der Waals surface area contributed by atoms with Crippen LogP contribution in [0.4, 0.5) is 0 Å². The molecule has 0 bridgehead atoms. The number of ether oxygens (including phenoxy) is 1. The van der Waals surface area contributed by atoms with E-state index < -0.39 is 0 Å². The van der Waals surface area contributed by atoms with E-state index in [1.807, 2.05) is 12.1 Å². The molecule has 0 spiro atoms. The van der Waals surface area contributed by atoms with Gasteiger partial charge in [-0.25, -0.2) is 0 Å². The minimum absolute atomic E-state index is 0.0421. The third-order valence-corrected chi connectivity index (χ3v) is 11.7. The lowest BCUT2D eigenvalue weighted by Crippen LogP contribution is -2.58. The van der Waals surface area contributed by atoms with Crippen LogP contribution in [0.15, 0.2) is 60.7 Å². The number of halogens is 1. The minimum Gasteiger partial charge on any atom is -0.489 e. The van der Waals surface area contributed by atoms with Crippen LogP contribution in [0.1, 0.15) is 87.6 Å². The van der Waals surface area contributed by atoms with Crippen LogP contribution in [0.25, 0.3) is 21.8 Å². The number of carbonyl (C=O) groups is 1. The Morgan fingerprint density at radius 2 is 1.64 bits per heavy atom. The Labute approximate surface area is 285 Å². The summed E-state index contributed by atoms with van der Waals surface area (Å²) in [6.07, 6.45) is 10.7. The number of likely N-dealkylation sites (tertiary alicyclic amines) is 2. The molecule has 3 aliphatic rings. The first-order valence-corrected chi connectivity index (χ1v) is 18.5. The first-order chi connectivity index (χ1) is 22.9. The standard InChI is InChI=1S/C40H51ClN4O2/c1-3-45-36-10-6-5-9-33(36)34-25-30(11-13-37(34)45)27-43-21-17-32(18-22-43)47-38-14-12-31(26-35(38)41)39(46)42-28-40(19-7-4-8-20-40)44-23-15-29(2)16-24-44/h5-6,9-14,25-26,29,32H,3-4,7-8,15-24,27-28H2,1-2H3,(H,42,46). The molecule has 4 aromatic rings. The zero-order valence-corrected chi connectivity index (χ0v) is 29.0. The molecule has 0 atom stereocenters. The van der Waals surface area contributed by atoms with Crippen molar-refractivity contribution in [1.82, 2.24) is 19.7 Å². The molecule has 1 amide bonds. The lowest BCUT2D eigenvalue weighted by molar-refractivity contribution is 0.0225. The van der Waals surface area contributed by atoms with Gasteiger partial charge < -0.3 is 14.6 Å². The monoisotopic (exact) mass is 654 g/mol. The Balaban J connectivity index is 0.927. The van der Waals surface area contributed by atoms with E-state index in [0.717, 1.165) is 58.0 Å². The third-order valence-electron chi connectivity index (χ3n) is 11.4. The van der Waals surface area contributed by atoms with Gasteiger partial charge in [-0.1, -0.05) is 62.1 Å². The summed E-state index contributed by atoms with van der Waals surface area (Å²) in [7, 11) is 0. The van der Waals surface area contributed by atoms with Crippen LogP contribution in [0.3, 0.4) is 0 Å². The fraction of sp³-hybridized carbons (Fsp3) is 0.525. The second-order valence-corrected chi connectivity index (χ2v) is 14.9. The normalized spacial score (nSPS) is 20.1. The Hall–Kier alpha value is -3.06. The molecule has 3 heterocycles. The van der Waals surface area contributed by atoms with E-state index in [1.54, 1.807) is 6.07 Å². The number of fused-ring (bicyclic) bond motifs is 3. The van der Waals surface area contributed by atoms with Crippen molar-refractivity contribution in [3.8, 4) is 5.75 Å². The number of benzene rings is 3. The molecule has 1 saturated carbocycles. The SMILES string of the molecule is CCn1c2ccccc2c2cc(CN3CCC(Oc4ccc(C(=O)NCC5(N6CCC(C)CC6)CCCCC5)cc4Cl)CC3)ccc21. The Bertz CT molecular complexity index is 1690. The average Bonchev–Trinajstić information content (AvgIpc) is 3.42. The van der Waals surface area contributed by atoms with Crippen molar-refractivity contribution in [2.24, 2.45) is 5.92 Å². The van der Waals surface area contributed by atoms with Gasteiger partial charge in [0.25, 0.3) is 5.91 Å². The quantitative estimate of drug-likeness (QED) is 0.196. The van der Waals surface area contributed by atoms with E-state index in [-0.39, 0.29) is 17.6 Å². The third kappa shape index (κ3) is 6.93. The average molecular weight is 655 g/mol. The number of nitrogens with one attached hydrogen (secondary N) is 1. The van der Waals surface area contributed by atoms with Crippen LogP contribution >= 0.6 is 11.6 Å². The van der Waals surface area contributed by atoms with Gasteiger partial charge in [0.1, 0.15) is 11.9 Å². The van der Waals surface area contributed by atoms with E-state index in [4.69, 9.17) is 16.3 Å². The van der Waals surface area contributed by atoms with Crippen molar-refractivity contribution in [3.63, 3.8) is 0 Å². The Morgan fingerprint density at radius 1 is 0.894 bits per heavy atom. The van der Waals surface area contributed by atoms with E-state index >= 15 is 0 Å². The molecule has 2 aliphatic heterocycles. The largest absolute Gasteiger partial charge is 0.489 e. The summed E-state index contributed by atoms with van der Waals surface area (Å²) in [6, 6.07) is 21.2. The van der Waals surface area contributed by atoms with Crippen molar-refractivity contribution in [2.75, 3.05) is 32.7 Å². The van der Waals surface area contributed by atoms with Crippen LogP contribution in [-0.2, 0) is 13.1 Å². The van der Waals surface area contributed by atoms with Gasteiger partial charge in [-0.15, -0.1) is 0 Å². The lowest BCUT2D eigenvalue weighted by atomic mass is 9.78. The highest BCUT2D eigenvalue weighted by molar-refractivity contribution is 6.32. The number of piperidine rings is 2. The summed E-state index contributed by atoms with van der Waals surface area (Å²) >= 11 is 6.72. The summed E-state index contributed by atoms with van der Waals surface area (Å²) < 4.78 is 8.81. The van der Waals surface area contributed by atoms with E-state index in [9.17, 15) is 4.79 Å². The number of para-hydroxylation sites is 1. The highest BCUT2D eigenvalue weighted by Crippen LogP contribution is 2.36. The number of nitrogens with zero attached hydrogens (tertiary/aromatic N) is 3. The summed E-state index contributed by atoms with van der Waals surface area (Å²) in [5, 5.41) is 6.49. The number of hydrogen-bond donors (Lipinski definition) is 1. The smallest absolute Gasteiger partial charge is 0.251 e. The number of hydrogen-bond acceptors (Lipinski definition) is 4. The summed E-state index contributed by atoms with van der Waals surface area (Å²) in [6.45, 7) is 11.5. The molecular formula is C40H51ClN4O2. The molecule has 7 rings (SSSR count). The molecule has 1 aromatic heterocycles. The van der Waals surface area contributed by atoms with Gasteiger partial charge in [0.2, 0.25) is 0 Å². The molecule has 3 fully saturated rings. The molecule has 250 valence electrons. The summed E-state index contributed by atoms with van der Waals surface area (Å²) in [5.74, 6) is 1.43. The molecule has 6 nitrogen and oxygen atoms in total. The molecule has 1 N–H and O–H groups in total. The first-order valence-electron chi connectivity index (χ1n) is 18.1. The minimum atomic E-state index is -0.0421. The first kappa shape index (κ1) is 32.5. The van der Waals surface area contributed by atoms with Gasteiger partial charge in [-0.2, -0.15) is 0 Å². The van der Waals surface area contributed by atoms with Crippen molar-refractivity contribution < 1.29 is 9.53 Å². The highest BCUT2D eigenvalue weighted by atomic mass is 35.5. The van der Waals surface area contributed by atoms with Gasteiger partial charge in [0, 0.05) is 65.6 Å². The number of amides is 1. The van der Waals surface area contributed by atoms with Crippen LogP contribution < -0.4 is 10.1 Å². The number of rotatable bonds is 9. The molecule has 0 radical (unpaired) electrons. The number of carbonyl (C=O) groups excluding carboxylic acids is 1. The maximum atomic E-state index is 13.3. The van der Waals surface area contributed by atoms with Gasteiger partial charge in [-0.05, 0) is 106 Å². The van der Waals surface area contributed by atoms with Gasteiger partial charge in [0.15, 0.2) is 0 Å². The van der Waals surface area contributed by atoms with Crippen LogP contribution in [-0.4, -0.2) is 64.6 Å². The van der Waals surface area contributed by atoms with Gasteiger partial charge in [-0.3, -0.25) is 14.6 Å². The van der Waals surface area contributed by atoms with Crippen molar-refractivity contribution in [2.45, 2.75) is 96.4 Å². The summed E-state index contributed by atoms with van der Waals surface area (Å²) in [4.78, 5) is 18.5. The Kier molecular flexibility index (Phi) is 9.81. The van der Waals surface area contributed by atoms with Crippen LogP contribution in [0.5, 0.6) is 5.75 Å². The zero-order valence-electron chi connectivity index (χ0n) is 28.3. The summed E-state index contributed by atoms with van der Waals surface area (Å²) in [5.41, 5.74) is 4.67. The molecular weight excluding hydrogens is 604 g/mol. The maximum Gasteiger partial charge on any atom is 0.251 e. The number of aromatic nitrogens is 1. The van der Waals surface area contributed by atoms with Crippen LogP contribution in [0.2, 0.25) is 5.02 Å². The van der Waals surface area contributed by atoms with E-state index in [1.165, 1.54) is 72.3 Å². The van der Waals surface area contributed by atoms with Crippen molar-refractivity contribution >= 4 is 39.3 Å². The second-order valence-electron chi connectivity index (χ2n) is 14.5. The van der Waals surface area contributed by atoms with Crippen molar-refractivity contribution in [1.29, 1.82) is 0 Å². The second kappa shape index (κ2) is 14.2. The predicted octanol–water partition coefficient (Wildman–Crippen LogP) is 8.68. The molecule has 7 heteroatoms. The number of aryl methyl sites for hydroxylation is 1.